The van der Waals surface area contributed by atoms with E-state index in [0.29, 0.717) is 0 Å². The molecule has 8 nitrogen and oxygen atoms in total. The molecule has 0 aliphatic carbocycles. The predicted molar refractivity (Wildman–Crippen MR) is 480 cm³/mol. The molecule has 0 radical (unpaired) electrons. The molecule has 16 aromatic carbocycles. The Morgan fingerprint density at radius 1 is 0.175 bits per heavy atom. The maximum absolute atomic E-state index is 14.8. The lowest BCUT2D eigenvalue weighted by Gasteiger charge is -2.20. The zero-order valence-corrected chi connectivity index (χ0v) is 64.4. The Bertz CT molecular complexity index is 6860. The number of fused-ring (bicyclic) bond motifs is 17. The fraction of sp³-hybridized carbons (Fsp3) is 0. The van der Waals surface area contributed by atoms with E-state index in [1.54, 1.807) is 0 Å². The van der Waals surface area contributed by atoms with E-state index in [1.165, 1.54) is 26.9 Å². The molecule has 0 N–H and O–H groups in total. The Balaban J connectivity index is 0.000000115. The largest absolute Gasteiger partial charge is 0.309 e. The number of hydrogen-bond acceptors (Lipinski definition) is 8. The molecular weight excluding hydrogens is 1450 g/mol. The zero-order chi connectivity index (χ0) is 76.6. The molecule has 0 unspecified atom stereocenters. The molecule has 0 aliphatic heterocycles. The molecule has 11 heteroatoms. The topological polar surface area (TPSA) is 116 Å². The summed E-state index contributed by atoms with van der Waals surface area (Å²) in [6.07, 6.45) is 5.50. The van der Waals surface area contributed by atoms with E-state index >= 15 is 0 Å². The Kier molecular flexibility index (Phi) is 18.7. The highest BCUT2D eigenvalue weighted by molar-refractivity contribution is 7.86. The molecule has 21 aromatic rings. The highest BCUT2D eigenvalue weighted by atomic mass is 31.2. The number of pyridine rings is 5. The highest BCUT2D eigenvalue weighted by Gasteiger charge is 2.33. The van der Waals surface area contributed by atoms with Crippen molar-refractivity contribution in [3.63, 3.8) is 0 Å². The van der Waals surface area contributed by atoms with Gasteiger partial charge >= 0.3 is 0 Å². The molecule has 21 rings (SSSR count). The van der Waals surface area contributed by atoms with Crippen molar-refractivity contribution in [3.05, 3.63) is 425 Å². The predicted octanol–water partition coefficient (Wildman–Crippen LogP) is 22.3. The van der Waals surface area contributed by atoms with Crippen LogP contribution in [-0.2, 0) is 13.7 Å². The van der Waals surface area contributed by atoms with E-state index in [9.17, 15) is 13.7 Å². The quantitative estimate of drug-likeness (QED) is 0.0877. The Morgan fingerprint density at radius 2 is 0.465 bits per heavy atom. The minimum Gasteiger partial charge on any atom is -0.309 e. The van der Waals surface area contributed by atoms with Gasteiger partial charge in [0.05, 0.1) is 39.0 Å². The minimum absolute atomic E-state index is 0.802. The van der Waals surface area contributed by atoms with E-state index in [-0.39, 0.29) is 0 Å². The van der Waals surface area contributed by atoms with Crippen LogP contribution in [-0.4, -0.2) is 24.9 Å². The van der Waals surface area contributed by atoms with Crippen molar-refractivity contribution < 1.29 is 13.7 Å². The fourth-order valence-electron chi connectivity index (χ4n) is 16.2. The first-order valence-electron chi connectivity index (χ1n) is 38.0. The molecule has 0 fully saturated rings. The van der Waals surface area contributed by atoms with Gasteiger partial charge in [-0.15, -0.1) is 0 Å². The number of aromatic nitrogens is 5. The van der Waals surface area contributed by atoms with E-state index in [2.05, 4.69) is 145 Å². The first-order chi connectivity index (χ1) is 56.2. The van der Waals surface area contributed by atoms with Gasteiger partial charge in [-0.25, -0.2) is 9.97 Å². The SMILES string of the molecule is O=P(c1ccccc1)(c1ccccc1)c1ccc(-c2ccc3c4ccccc4c4cccnc4c3c2)cc1.O=P(c1ccccc1)(c1ccccc1)c1ccc(-c2ccc3c4ccccc4c4cccnc4c3n2)cc1.O=P(c1ccccc1)(c1ccccc1)c1ccc(-c2nc3c(ccc4cccnc43)c3ccccc23)cc1. The smallest absolute Gasteiger partial charge is 0.171 e. The summed E-state index contributed by atoms with van der Waals surface area (Å²) >= 11 is 0. The summed E-state index contributed by atoms with van der Waals surface area (Å²) in [5.41, 5.74) is 10.5. The van der Waals surface area contributed by atoms with Crippen molar-refractivity contribution in [3.8, 4) is 33.6 Å². The molecule has 0 spiro atoms. The molecule has 5 aromatic heterocycles. The maximum atomic E-state index is 14.8. The van der Waals surface area contributed by atoms with Gasteiger partial charge in [0.1, 0.15) is 0 Å². The van der Waals surface area contributed by atoms with Gasteiger partial charge in [0.15, 0.2) is 21.4 Å². The molecule has 0 saturated heterocycles. The molecular formula is C103H70N5O3P3. The Labute approximate surface area is 659 Å². The van der Waals surface area contributed by atoms with E-state index in [0.717, 1.165) is 152 Å². The van der Waals surface area contributed by atoms with Gasteiger partial charge in [-0.05, 0) is 79.8 Å². The third kappa shape index (κ3) is 12.6. The van der Waals surface area contributed by atoms with Crippen molar-refractivity contribution in [2.45, 2.75) is 0 Å². The van der Waals surface area contributed by atoms with E-state index < -0.39 is 21.4 Å². The second-order valence-corrected chi connectivity index (χ2v) is 36.6. The first-order valence-corrected chi connectivity index (χ1v) is 43.1. The van der Waals surface area contributed by atoms with Crippen LogP contribution in [0.25, 0.3) is 131 Å². The van der Waals surface area contributed by atoms with Gasteiger partial charge in [0.25, 0.3) is 0 Å². The maximum Gasteiger partial charge on any atom is 0.171 e. The van der Waals surface area contributed by atoms with Crippen LogP contribution in [0.1, 0.15) is 0 Å². The summed E-state index contributed by atoms with van der Waals surface area (Å²) in [7, 11) is -9.05. The van der Waals surface area contributed by atoms with Crippen molar-refractivity contribution >= 4 is 167 Å². The molecule has 0 atom stereocenters. The lowest BCUT2D eigenvalue weighted by molar-refractivity contribution is 0.591. The molecule has 540 valence electrons. The van der Waals surface area contributed by atoms with Crippen LogP contribution >= 0.6 is 21.4 Å². The van der Waals surface area contributed by atoms with Crippen LogP contribution in [0.3, 0.4) is 0 Å². The van der Waals surface area contributed by atoms with Crippen molar-refractivity contribution in [1.82, 2.24) is 24.9 Å². The van der Waals surface area contributed by atoms with E-state index in [1.807, 2.05) is 286 Å². The Hall–Kier alpha value is -13.7. The normalized spacial score (nSPS) is 11.8. The number of rotatable bonds is 12. The first kappa shape index (κ1) is 70.7. The zero-order valence-electron chi connectivity index (χ0n) is 61.7. The summed E-state index contributed by atoms with van der Waals surface area (Å²) in [6, 6.07) is 136. The number of benzene rings is 16. The van der Waals surface area contributed by atoms with Gasteiger partial charge < -0.3 is 13.7 Å². The molecule has 0 saturated carbocycles. The highest BCUT2D eigenvalue weighted by Crippen LogP contribution is 2.47. The number of nitrogens with zero attached hydrogens (tertiary/aromatic N) is 5. The molecule has 0 bridgehead atoms. The Morgan fingerprint density at radius 3 is 0.912 bits per heavy atom. The van der Waals surface area contributed by atoms with Crippen LogP contribution in [0.4, 0.5) is 0 Å². The van der Waals surface area contributed by atoms with Gasteiger partial charge in [0, 0.05) is 115 Å². The summed E-state index contributed by atoms with van der Waals surface area (Å²) in [5, 5.41) is 22.3. The van der Waals surface area contributed by atoms with Crippen LogP contribution in [0.15, 0.2) is 425 Å². The lowest BCUT2D eigenvalue weighted by Crippen LogP contribution is -2.24. The van der Waals surface area contributed by atoms with Crippen molar-refractivity contribution in [1.29, 1.82) is 0 Å². The summed E-state index contributed by atoms with van der Waals surface area (Å²) in [6.45, 7) is 0. The van der Waals surface area contributed by atoms with E-state index in [4.69, 9.17) is 19.9 Å². The molecule has 0 amide bonds. The average Bonchev–Trinajstić information content (AvgIpc) is 0.749. The molecule has 5 heterocycles. The summed E-state index contributed by atoms with van der Waals surface area (Å²) in [4.78, 5) is 24.4. The third-order valence-corrected chi connectivity index (χ3v) is 31.0. The van der Waals surface area contributed by atoms with Crippen LogP contribution in [0, 0.1) is 0 Å². The van der Waals surface area contributed by atoms with Crippen LogP contribution in [0.2, 0.25) is 0 Å². The van der Waals surface area contributed by atoms with Gasteiger partial charge in [-0.2, -0.15) is 0 Å². The second-order valence-electron chi connectivity index (χ2n) is 28.3. The second kappa shape index (κ2) is 30.2. The minimum atomic E-state index is -3.04. The standard InChI is InChI=1S/C35H24NOP.2C34H23N2OP/c37-38(27-10-3-1-4-11-27,28-12-5-2-6-13-28)29-20-17-25(18-21-29)26-19-22-32-30-14-7-8-15-31(30)33-16-9-23-36-35(33)34(32)24-26;37-38(26-11-3-1-4-12-26,27-13-5-2-6-14-27)28-20-17-25(18-21-28)32-30-16-8-7-15-29(30)31-22-19-24-10-9-23-35-33(24)34(31)36-32;37-38(25-10-3-1-4-11-25,26-12-5-2-6-13-26)27-19-17-24(18-20-27)32-22-21-31-29-15-8-7-14-28(29)30-16-9-23-35-33(30)34(31)36-32/h1-24H;2*1-23H. The van der Waals surface area contributed by atoms with Crippen molar-refractivity contribution in [2.75, 3.05) is 0 Å². The molecule has 114 heavy (non-hydrogen) atoms. The lowest BCUT2D eigenvalue weighted by atomic mass is 9.94. The van der Waals surface area contributed by atoms with Crippen molar-refractivity contribution in [2.24, 2.45) is 0 Å². The average molecular weight is 1520 g/mol. The fourth-order valence-corrected chi connectivity index (χ4v) is 24.1. The number of hydrogen-bond donors (Lipinski definition) is 0. The summed E-state index contributed by atoms with van der Waals surface area (Å²) < 4.78 is 44.2. The van der Waals surface area contributed by atoms with Crippen LogP contribution < -0.4 is 47.7 Å². The monoisotopic (exact) mass is 1520 g/mol. The van der Waals surface area contributed by atoms with Gasteiger partial charge in [0.2, 0.25) is 0 Å². The van der Waals surface area contributed by atoms with Gasteiger partial charge in [-0.3, -0.25) is 15.0 Å². The molecule has 0 aliphatic rings. The van der Waals surface area contributed by atoms with Gasteiger partial charge in [-0.1, -0.05) is 370 Å². The third-order valence-electron chi connectivity index (χ3n) is 21.8. The summed E-state index contributed by atoms with van der Waals surface area (Å²) in [5.74, 6) is 0. The van der Waals surface area contributed by atoms with Crippen LogP contribution in [0.5, 0.6) is 0 Å².